The van der Waals surface area contributed by atoms with Gasteiger partial charge in [0.2, 0.25) is 5.91 Å². The summed E-state index contributed by atoms with van der Waals surface area (Å²) in [5, 5.41) is 3.02. The van der Waals surface area contributed by atoms with E-state index < -0.39 is 0 Å². The van der Waals surface area contributed by atoms with Crippen LogP contribution in [0.2, 0.25) is 0 Å². The van der Waals surface area contributed by atoms with E-state index in [-0.39, 0.29) is 5.91 Å². The highest BCUT2D eigenvalue weighted by molar-refractivity contribution is 6.17. The van der Waals surface area contributed by atoms with Crippen molar-refractivity contribution in [3.8, 4) is 0 Å². The number of hydrogen-bond acceptors (Lipinski definition) is 1. The second-order valence-corrected chi connectivity index (χ2v) is 5.00. The highest BCUT2D eigenvalue weighted by atomic mass is 35.5. The van der Waals surface area contributed by atoms with Crippen LogP contribution in [0.3, 0.4) is 0 Å². The fourth-order valence-corrected chi connectivity index (χ4v) is 2.39. The Morgan fingerprint density at radius 2 is 2.13 bits per heavy atom. The van der Waals surface area contributed by atoms with Gasteiger partial charge >= 0.3 is 0 Å². The maximum absolute atomic E-state index is 11.4. The third-order valence-corrected chi connectivity index (χ3v) is 3.66. The molecule has 88 valence electrons. The third kappa shape index (κ3) is 4.87. The highest BCUT2D eigenvalue weighted by Crippen LogP contribution is 2.28. The Balaban J connectivity index is 2.14. The van der Waals surface area contributed by atoms with E-state index in [4.69, 9.17) is 11.6 Å². The minimum Gasteiger partial charge on any atom is -0.356 e. The highest BCUT2D eigenvalue weighted by Gasteiger charge is 2.21. The molecule has 0 radical (unpaired) electrons. The molecule has 0 spiro atoms. The SMILES string of the molecule is CC1CCCCC1CNC(=O)CCCCl. The number of rotatable bonds is 5. The lowest BCUT2D eigenvalue weighted by atomic mass is 9.80. The van der Waals surface area contributed by atoms with Gasteiger partial charge in [-0.3, -0.25) is 4.79 Å². The quantitative estimate of drug-likeness (QED) is 0.725. The van der Waals surface area contributed by atoms with Gasteiger partial charge in [-0.1, -0.05) is 26.2 Å². The summed E-state index contributed by atoms with van der Waals surface area (Å²) in [5.74, 6) is 2.20. The molecule has 1 saturated carbocycles. The molecule has 0 saturated heterocycles. The average molecular weight is 232 g/mol. The zero-order valence-electron chi connectivity index (χ0n) is 9.60. The summed E-state index contributed by atoms with van der Waals surface area (Å²) in [5.41, 5.74) is 0. The van der Waals surface area contributed by atoms with Gasteiger partial charge in [0.15, 0.2) is 0 Å². The Labute approximate surface area is 97.8 Å². The lowest BCUT2D eigenvalue weighted by molar-refractivity contribution is -0.121. The first-order valence-electron chi connectivity index (χ1n) is 6.06. The van der Waals surface area contributed by atoms with E-state index in [1.807, 2.05) is 0 Å². The number of halogens is 1. The maximum Gasteiger partial charge on any atom is 0.220 e. The maximum atomic E-state index is 11.4. The van der Waals surface area contributed by atoms with Crippen molar-refractivity contribution in [2.24, 2.45) is 11.8 Å². The van der Waals surface area contributed by atoms with Gasteiger partial charge in [0.05, 0.1) is 0 Å². The first kappa shape index (κ1) is 12.8. The van der Waals surface area contributed by atoms with Crippen LogP contribution < -0.4 is 5.32 Å². The van der Waals surface area contributed by atoms with E-state index in [1.54, 1.807) is 0 Å². The summed E-state index contributed by atoms with van der Waals surface area (Å²) < 4.78 is 0. The van der Waals surface area contributed by atoms with Crippen LogP contribution in [0.25, 0.3) is 0 Å². The Morgan fingerprint density at radius 3 is 2.80 bits per heavy atom. The van der Waals surface area contributed by atoms with Gasteiger partial charge in [0.25, 0.3) is 0 Å². The Bertz CT molecular complexity index is 196. The molecule has 1 aliphatic carbocycles. The molecule has 0 bridgehead atoms. The smallest absolute Gasteiger partial charge is 0.220 e. The van der Waals surface area contributed by atoms with Crippen molar-refractivity contribution in [1.29, 1.82) is 0 Å². The average Bonchev–Trinajstić information content (AvgIpc) is 2.25. The van der Waals surface area contributed by atoms with Gasteiger partial charge in [0.1, 0.15) is 0 Å². The minimum absolute atomic E-state index is 0.161. The van der Waals surface area contributed by atoms with Crippen molar-refractivity contribution < 1.29 is 4.79 Å². The van der Waals surface area contributed by atoms with Crippen LogP contribution in [0.15, 0.2) is 0 Å². The lowest BCUT2D eigenvalue weighted by Gasteiger charge is -2.28. The standard InChI is InChI=1S/C12H22ClNO/c1-10-5-2-3-6-11(10)9-14-12(15)7-4-8-13/h10-11H,2-9H2,1H3,(H,14,15). The summed E-state index contributed by atoms with van der Waals surface area (Å²) >= 11 is 5.54. The van der Waals surface area contributed by atoms with E-state index in [2.05, 4.69) is 12.2 Å². The first-order chi connectivity index (χ1) is 7.24. The normalized spacial score (nSPS) is 26.3. The fourth-order valence-electron chi connectivity index (χ4n) is 2.26. The van der Waals surface area contributed by atoms with E-state index in [1.165, 1.54) is 25.7 Å². The monoisotopic (exact) mass is 231 g/mol. The summed E-state index contributed by atoms with van der Waals surface area (Å²) in [7, 11) is 0. The zero-order valence-corrected chi connectivity index (χ0v) is 10.4. The van der Waals surface area contributed by atoms with E-state index in [0.717, 1.165) is 18.9 Å². The molecule has 3 heteroatoms. The molecule has 2 nitrogen and oxygen atoms in total. The number of nitrogens with one attached hydrogen (secondary N) is 1. The van der Waals surface area contributed by atoms with Crippen molar-refractivity contribution >= 4 is 17.5 Å². The Kier molecular flexibility index (Phi) is 6.07. The molecule has 15 heavy (non-hydrogen) atoms. The van der Waals surface area contributed by atoms with E-state index >= 15 is 0 Å². The Hall–Kier alpha value is -0.240. The van der Waals surface area contributed by atoms with Crippen molar-refractivity contribution in [2.45, 2.75) is 45.4 Å². The number of hydrogen-bond donors (Lipinski definition) is 1. The van der Waals surface area contributed by atoms with Crippen LogP contribution >= 0.6 is 11.6 Å². The van der Waals surface area contributed by atoms with Gasteiger partial charge in [-0.25, -0.2) is 0 Å². The van der Waals surface area contributed by atoms with E-state index in [9.17, 15) is 4.79 Å². The summed E-state index contributed by atoms with van der Waals surface area (Å²) in [6.07, 6.45) is 6.64. The molecule has 2 atom stereocenters. The van der Waals surface area contributed by atoms with Crippen molar-refractivity contribution in [3.05, 3.63) is 0 Å². The van der Waals surface area contributed by atoms with Gasteiger partial charge in [0, 0.05) is 18.8 Å². The van der Waals surface area contributed by atoms with Gasteiger partial charge in [-0.15, -0.1) is 11.6 Å². The van der Waals surface area contributed by atoms with Crippen LogP contribution in [0.4, 0.5) is 0 Å². The molecule has 1 aliphatic rings. The van der Waals surface area contributed by atoms with Crippen molar-refractivity contribution in [2.75, 3.05) is 12.4 Å². The predicted molar refractivity (Wildman–Crippen MR) is 64.1 cm³/mol. The van der Waals surface area contributed by atoms with Gasteiger partial charge in [-0.05, 0) is 24.7 Å². The first-order valence-corrected chi connectivity index (χ1v) is 6.60. The number of amides is 1. The molecular formula is C12H22ClNO. The summed E-state index contributed by atoms with van der Waals surface area (Å²) in [6.45, 7) is 3.16. The topological polar surface area (TPSA) is 29.1 Å². The number of carbonyl (C=O) groups is 1. The molecule has 0 aromatic heterocycles. The molecule has 1 fully saturated rings. The van der Waals surface area contributed by atoms with Crippen LogP contribution in [0.1, 0.15) is 45.4 Å². The van der Waals surface area contributed by atoms with Gasteiger partial charge in [-0.2, -0.15) is 0 Å². The second-order valence-electron chi connectivity index (χ2n) is 4.62. The predicted octanol–water partition coefficient (Wildman–Crippen LogP) is 2.95. The second kappa shape index (κ2) is 7.10. The Morgan fingerprint density at radius 1 is 1.40 bits per heavy atom. The molecule has 0 aliphatic heterocycles. The molecule has 1 amide bonds. The molecule has 0 heterocycles. The number of alkyl halides is 1. The largest absolute Gasteiger partial charge is 0.356 e. The van der Waals surface area contributed by atoms with Crippen molar-refractivity contribution in [1.82, 2.24) is 5.32 Å². The molecular weight excluding hydrogens is 210 g/mol. The molecule has 0 aromatic carbocycles. The zero-order chi connectivity index (χ0) is 11.1. The molecule has 2 unspecified atom stereocenters. The van der Waals surface area contributed by atoms with Crippen molar-refractivity contribution in [3.63, 3.8) is 0 Å². The van der Waals surface area contributed by atoms with Crippen LogP contribution in [-0.4, -0.2) is 18.3 Å². The lowest BCUT2D eigenvalue weighted by Crippen LogP contribution is -2.33. The summed E-state index contributed by atoms with van der Waals surface area (Å²) in [4.78, 5) is 11.4. The van der Waals surface area contributed by atoms with Crippen LogP contribution in [0, 0.1) is 11.8 Å². The van der Waals surface area contributed by atoms with Crippen LogP contribution in [-0.2, 0) is 4.79 Å². The minimum atomic E-state index is 0.161. The van der Waals surface area contributed by atoms with E-state index in [0.29, 0.717) is 18.2 Å². The molecule has 1 N–H and O–H groups in total. The fraction of sp³-hybridized carbons (Fsp3) is 0.917. The molecule has 0 aromatic rings. The van der Waals surface area contributed by atoms with Gasteiger partial charge < -0.3 is 5.32 Å². The van der Waals surface area contributed by atoms with Crippen LogP contribution in [0.5, 0.6) is 0 Å². The molecule has 1 rings (SSSR count). The number of carbonyl (C=O) groups excluding carboxylic acids is 1. The summed E-state index contributed by atoms with van der Waals surface area (Å²) in [6, 6.07) is 0. The third-order valence-electron chi connectivity index (χ3n) is 3.39.